The summed E-state index contributed by atoms with van der Waals surface area (Å²) >= 11 is 5.92. The molecule has 0 radical (unpaired) electrons. The lowest BCUT2D eigenvalue weighted by atomic mass is 10.0. The Morgan fingerprint density at radius 1 is 1.25 bits per heavy atom. The van der Waals surface area contributed by atoms with Crippen LogP contribution >= 0.6 is 11.6 Å². The summed E-state index contributed by atoms with van der Waals surface area (Å²) in [6, 6.07) is 8.82. The van der Waals surface area contributed by atoms with Crippen LogP contribution in [0.2, 0.25) is 5.02 Å². The van der Waals surface area contributed by atoms with Gasteiger partial charge in [0.05, 0.1) is 0 Å². The molecule has 1 fully saturated rings. The van der Waals surface area contributed by atoms with Gasteiger partial charge in [0.25, 0.3) is 0 Å². The highest BCUT2D eigenvalue weighted by molar-refractivity contribution is 6.30. The second-order valence-electron chi connectivity index (χ2n) is 4.26. The predicted octanol–water partition coefficient (Wildman–Crippen LogP) is 2.70. The van der Waals surface area contributed by atoms with Gasteiger partial charge in [-0.1, -0.05) is 30.7 Å². The highest BCUT2D eigenvalue weighted by Crippen LogP contribution is 2.25. The summed E-state index contributed by atoms with van der Waals surface area (Å²) in [6.45, 7) is 6.73. The van der Waals surface area contributed by atoms with Crippen molar-refractivity contribution in [3.8, 4) is 0 Å². The Morgan fingerprint density at radius 2 is 1.88 bits per heavy atom. The lowest BCUT2D eigenvalue weighted by Crippen LogP contribution is -2.45. The maximum atomic E-state index is 5.92. The van der Waals surface area contributed by atoms with Crippen molar-refractivity contribution in [3.05, 3.63) is 34.9 Å². The van der Waals surface area contributed by atoms with Gasteiger partial charge in [0.1, 0.15) is 0 Å². The van der Waals surface area contributed by atoms with E-state index >= 15 is 0 Å². The molecule has 0 bridgehead atoms. The summed E-state index contributed by atoms with van der Waals surface area (Å²) in [5.41, 5.74) is 1.38. The lowest BCUT2D eigenvalue weighted by molar-refractivity contribution is 0.169. The summed E-state index contributed by atoms with van der Waals surface area (Å²) in [5, 5.41) is 4.21. The molecule has 1 aromatic rings. The van der Waals surface area contributed by atoms with Crippen LogP contribution in [-0.4, -0.2) is 31.1 Å². The normalized spacial score (nSPS) is 19.6. The molecule has 0 aromatic heterocycles. The quantitative estimate of drug-likeness (QED) is 0.871. The van der Waals surface area contributed by atoms with E-state index in [9.17, 15) is 0 Å². The molecule has 2 nitrogen and oxygen atoms in total. The van der Waals surface area contributed by atoms with Gasteiger partial charge in [0, 0.05) is 37.2 Å². The van der Waals surface area contributed by atoms with Gasteiger partial charge >= 0.3 is 0 Å². The van der Waals surface area contributed by atoms with Crippen LogP contribution in [0.3, 0.4) is 0 Å². The zero-order valence-corrected chi connectivity index (χ0v) is 10.5. The Bertz CT molecular complexity index is 317. The van der Waals surface area contributed by atoms with Crippen molar-refractivity contribution >= 4 is 11.6 Å². The van der Waals surface area contributed by atoms with Gasteiger partial charge in [0.15, 0.2) is 0 Å². The average molecular weight is 239 g/mol. The predicted molar refractivity (Wildman–Crippen MR) is 68.9 cm³/mol. The minimum absolute atomic E-state index is 0.541. The third-order valence-corrected chi connectivity index (χ3v) is 3.49. The van der Waals surface area contributed by atoms with E-state index in [0.717, 1.165) is 37.6 Å². The van der Waals surface area contributed by atoms with Gasteiger partial charge in [-0.05, 0) is 24.1 Å². The molecule has 88 valence electrons. The van der Waals surface area contributed by atoms with Gasteiger partial charge in [-0.3, -0.25) is 4.90 Å². The molecule has 0 saturated carbocycles. The SMILES string of the molecule is CC[C@@H](c1ccc(Cl)cc1)N1CCNCC1. The van der Waals surface area contributed by atoms with Crippen molar-refractivity contribution < 1.29 is 0 Å². The van der Waals surface area contributed by atoms with E-state index in [1.807, 2.05) is 12.1 Å². The van der Waals surface area contributed by atoms with Crippen LogP contribution in [0, 0.1) is 0 Å². The van der Waals surface area contributed by atoms with Crippen LogP contribution in [0.5, 0.6) is 0 Å². The molecular weight excluding hydrogens is 220 g/mol. The topological polar surface area (TPSA) is 15.3 Å². The van der Waals surface area contributed by atoms with Crippen LogP contribution < -0.4 is 5.32 Å². The highest BCUT2D eigenvalue weighted by atomic mass is 35.5. The second kappa shape index (κ2) is 5.67. The number of nitrogens with one attached hydrogen (secondary N) is 1. The summed E-state index contributed by atoms with van der Waals surface area (Å²) in [4.78, 5) is 2.56. The molecule has 16 heavy (non-hydrogen) atoms. The first-order valence-corrected chi connectivity index (χ1v) is 6.39. The molecule has 0 aliphatic carbocycles. The third-order valence-electron chi connectivity index (χ3n) is 3.23. The third kappa shape index (κ3) is 2.76. The van der Waals surface area contributed by atoms with E-state index in [1.54, 1.807) is 0 Å². The van der Waals surface area contributed by atoms with E-state index in [0.29, 0.717) is 6.04 Å². The molecule has 1 heterocycles. The molecule has 1 saturated heterocycles. The summed E-state index contributed by atoms with van der Waals surface area (Å²) in [5.74, 6) is 0. The second-order valence-corrected chi connectivity index (χ2v) is 4.70. The fourth-order valence-corrected chi connectivity index (χ4v) is 2.51. The van der Waals surface area contributed by atoms with Crippen molar-refractivity contribution in [1.82, 2.24) is 10.2 Å². The number of rotatable bonds is 3. The monoisotopic (exact) mass is 238 g/mol. The highest BCUT2D eigenvalue weighted by Gasteiger charge is 2.20. The Balaban J connectivity index is 2.11. The summed E-state index contributed by atoms with van der Waals surface area (Å²) < 4.78 is 0. The molecule has 2 rings (SSSR count). The van der Waals surface area contributed by atoms with E-state index in [1.165, 1.54) is 5.56 Å². The van der Waals surface area contributed by atoms with Crippen molar-refractivity contribution in [3.63, 3.8) is 0 Å². The van der Waals surface area contributed by atoms with Crippen LogP contribution in [0.4, 0.5) is 0 Å². The van der Waals surface area contributed by atoms with Crippen LogP contribution in [-0.2, 0) is 0 Å². The van der Waals surface area contributed by atoms with E-state index in [4.69, 9.17) is 11.6 Å². The van der Waals surface area contributed by atoms with Crippen molar-refractivity contribution in [2.45, 2.75) is 19.4 Å². The zero-order chi connectivity index (χ0) is 11.4. The maximum Gasteiger partial charge on any atom is 0.0406 e. The number of benzene rings is 1. The zero-order valence-electron chi connectivity index (χ0n) is 9.75. The average Bonchev–Trinajstić information content (AvgIpc) is 2.34. The molecule has 1 N–H and O–H groups in total. The molecular formula is C13H19ClN2. The van der Waals surface area contributed by atoms with Crippen LogP contribution in [0.15, 0.2) is 24.3 Å². The fourth-order valence-electron chi connectivity index (χ4n) is 2.38. The standard InChI is InChI=1S/C13H19ClN2/c1-2-13(16-9-7-15-8-10-16)11-3-5-12(14)6-4-11/h3-6,13,15H,2,7-10H2,1H3/t13-/m0/s1. The van der Waals surface area contributed by atoms with Crippen LogP contribution in [0.1, 0.15) is 24.9 Å². The van der Waals surface area contributed by atoms with Gasteiger partial charge in [-0.2, -0.15) is 0 Å². The van der Waals surface area contributed by atoms with Crippen LogP contribution in [0.25, 0.3) is 0 Å². The molecule has 0 unspecified atom stereocenters. The molecule has 3 heteroatoms. The molecule has 1 atom stereocenters. The summed E-state index contributed by atoms with van der Waals surface area (Å²) in [6.07, 6.45) is 1.15. The molecule has 1 aliphatic rings. The first-order valence-electron chi connectivity index (χ1n) is 6.01. The first-order chi connectivity index (χ1) is 7.81. The molecule has 0 spiro atoms. The summed E-state index contributed by atoms with van der Waals surface area (Å²) in [7, 11) is 0. The maximum absolute atomic E-state index is 5.92. The molecule has 0 amide bonds. The van der Waals surface area contributed by atoms with E-state index < -0.39 is 0 Å². The fraction of sp³-hybridized carbons (Fsp3) is 0.538. The Labute approximate surface area is 103 Å². The molecule has 1 aromatic carbocycles. The first kappa shape index (κ1) is 11.9. The Hall–Kier alpha value is -0.570. The van der Waals surface area contributed by atoms with Gasteiger partial charge < -0.3 is 5.32 Å². The number of hydrogen-bond donors (Lipinski definition) is 1. The number of nitrogens with zero attached hydrogens (tertiary/aromatic N) is 1. The van der Waals surface area contributed by atoms with Crippen molar-refractivity contribution in [2.24, 2.45) is 0 Å². The lowest BCUT2D eigenvalue weighted by Gasteiger charge is -2.34. The van der Waals surface area contributed by atoms with Crippen molar-refractivity contribution in [1.29, 1.82) is 0 Å². The minimum atomic E-state index is 0.541. The smallest absolute Gasteiger partial charge is 0.0406 e. The number of hydrogen-bond acceptors (Lipinski definition) is 2. The molecule has 1 aliphatic heterocycles. The van der Waals surface area contributed by atoms with Crippen molar-refractivity contribution in [2.75, 3.05) is 26.2 Å². The van der Waals surface area contributed by atoms with E-state index in [2.05, 4.69) is 29.3 Å². The number of piperazine rings is 1. The van der Waals surface area contributed by atoms with Gasteiger partial charge in [-0.25, -0.2) is 0 Å². The Kier molecular flexibility index (Phi) is 4.22. The minimum Gasteiger partial charge on any atom is -0.314 e. The van der Waals surface area contributed by atoms with Gasteiger partial charge in [-0.15, -0.1) is 0 Å². The Morgan fingerprint density at radius 3 is 2.44 bits per heavy atom. The number of halogens is 1. The largest absolute Gasteiger partial charge is 0.314 e. The van der Waals surface area contributed by atoms with Gasteiger partial charge in [0.2, 0.25) is 0 Å². The van der Waals surface area contributed by atoms with E-state index in [-0.39, 0.29) is 0 Å².